The standard InChI is InChI=1S/C11H20N2O5/c1-3-8(7-18-2)12-11(17)13-9(14)5-4-6-10(15)16/h8H,3-7H2,1-2H3,(H,15,16)(H2,12,13,14,17). The molecule has 0 aromatic carbocycles. The van der Waals surface area contributed by atoms with E-state index < -0.39 is 17.9 Å². The van der Waals surface area contributed by atoms with E-state index in [9.17, 15) is 14.4 Å². The van der Waals surface area contributed by atoms with Crippen LogP contribution < -0.4 is 10.6 Å². The van der Waals surface area contributed by atoms with Crippen LogP contribution in [0.25, 0.3) is 0 Å². The van der Waals surface area contributed by atoms with Crippen molar-refractivity contribution < 1.29 is 24.2 Å². The molecule has 7 nitrogen and oxygen atoms in total. The Kier molecular flexibility index (Phi) is 8.55. The Morgan fingerprint density at radius 2 is 1.94 bits per heavy atom. The lowest BCUT2D eigenvalue weighted by Gasteiger charge is -2.15. The molecule has 0 aliphatic carbocycles. The first-order valence-electron chi connectivity index (χ1n) is 5.80. The molecule has 0 aliphatic rings. The predicted octanol–water partition coefficient (Wildman–Crippen LogP) is 0.492. The normalized spacial score (nSPS) is 11.7. The Bertz CT molecular complexity index is 293. The third-order valence-electron chi connectivity index (χ3n) is 2.24. The van der Waals surface area contributed by atoms with Crippen molar-refractivity contribution in [2.45, 2.75) is 38.6 Å². The largest absolute Gasteiger partial charge is 0.481 e. The summed E-state index contributed by atoms with van der Waals surface area (Å²) in [5, 5.41) is 13.1. The Balaban J connectivity index is 3.85. The van der Waals surface area contributed by atoms with Crippen LogP contribution in [-0.4, -0.2) is 42.8 Å². The molecule has 104 valence electrons. The number of imide groups is 1. The first-order valence-corrected chi connectivity index (χ1v) is 5.80. The van der Waals surface area contributed by atoms with Gasteiger partial charge in [-0.3, -0.25) is 14.9 Å². The molecule has 0 spiro atoms. The van der Waals surface area contributed by atoms with Gasteiger partial charge < -0.3 is 15.2 Å². The highest BCUT2D eigenvalue weighted by Gasteiger charge is 2.12. The summed E-state index contributed by atoms with van der Waals surface area (Å²) in [5.41, 5.74) is 0. The molecule has 0 bridgehead atoms. The second-order valence-electron chi connectivity index (χ2n) is 3.83. The first-order chi connectivity index (χ1) is 8.49. The summed E-state index contributed by atoms with van der Waals surface area (Å²) >= 11 is 0. The zero-order valence-corrected chi connectivity index (χ0v) is 10.7. The van der Waals surface area contributed by atoms with Crippen molar-refractivity contribution in [1.82, 2.24) is 10.6 Å². The smallest absolute Gasteiger partial charge is 0.321 e. The van der Waals surface area contributed by atoms with E-state index in [4.69, 9.17) is 9.84 Å². The number of aliphatic carboxylic acids is 1. The molecule has 3 amide bonds. The van der Waals surface area contributed by atoms with Crippen LogP contribution in [0.3, 0.4) is 0 Å². The first kappa shape index (κ1) is 16.4. The van der Waals surface area contributed by atoms with E-state index >= 15 is 0 Å². The number of carboxylic acid groups (broad SMARTS) is 1. The Labute approximate surface area is 106 Å². The minimum Gasteiger partial charge on any atom is -0.481 e. The van der Waals surface area contributed by atoms with E-state index in [2.05, 4.69) is 10.6 Å². The summed E-state index contributed by atoms with van der Waals surface area (Å²) in [6, 6.07) is -0.735. The SMILES string of the molecule is CCC(COC)NC(=O)NC(=O)CCCC(=O)O. The summed E-state index contributed by atoms with van der Waals surface area (Å²) in [6.07, 6.45) is 0.829. The van der Waals surface area contributed by atoms with Gasteiger partial charge in [-0.15, -0.1) is 0 Å². The van der Waals surface area contributed by atoms with Gasteiger partial charge in [0.05, 0.1) is 12.6 Å². The van der Waals surface area contributed by atoms with Crippen LogP contribution in [0.1, 0.15) is 32.6 Å². The lowest BCUT2D eigenvalue weighted by Crippen LogP contribution is -2.45. The Morgan fingerprint density at radius 3 is 2.44 bits per heavy atom. The van der Waals surface area contributed by atoms with Crippen molar-refractivity contribution in [2.75, 3.05) is 13.7 Å². The lowest BCUT2D eigenvalue weighted by atomic mass is 10.2. The average molecular weight is 260 g/mol. The maximum Gasteiger partial charge on any atom is 0.321 e. The van der Waals surface area contributed by atoms with Gasteiger partial charge in [0.25, 0.3) is 0 Å². The fraction of sp³-hybridized carbons (Fsp3) is 0.727. The molecule has 1 atom stereocenters. The van der Waals surface area contributed by atoms with E-state index in [1.54, 1.807) is 0 Å². The van der Waals surface area contributed by atoms with Crippen LogP contribution >= 0.6 is 0 Å². The molecule has 18 heavy (non-hydrogen) atoms. The fourth-order valence-corrected chi connectivity index (χ4v) is 1.27. The van der Waals surface area contributed by atoms with Crippen LogP contribution in [-0.2, 0) is 14.3 Å². The van der Waals surface area contributed by atoms with Crippen LogP contribution in [0.2, 0.25) is 0 Å². The van der Waals surface area contributed by atoms with Gasteiger partial charge in [-0.05, 0) is 12.8 Å². The van der Waals surface area contributed by atoms with Crippen molar-refractivity contribution in [3.8, 4) is 0 Å². The van der Waals surface area contributed by atoms with Gasteiger partial charge in [-0.25, -0.2) is 4.79 Å². The Hall–Kier alpha value is -1.63. The molecule has 0 heterocycles. The molecule has 0 saturated heterocycles. The van der Waals surface area contributed by atoms with Gasteiger partial charge in [0.15, 0.2) is 0 Å². The number of hydrogen-bond donors (Lipinski definition) is 3. The summed E-state index contributed by atoms with van der Waals surface area (Å²) < 4.78 is 4.90. The van der Waals surface area contributed by atoms with Crippen LogP contribution in [0.5, 0.6) is 0 Å². The number of carbonyl (C=O) groups is 3. The maximum absolute atomic E-state index is 11.4. The molecule has 7 heteroatoms. The number of urea groups is 1. The van der Waals surface area contributed by atoms with E-state index in [0.717, 1.165) is 0 Å². The minimum atomic E-state index is -0.960. The number of nitrogens with one attached hydrogen (secondary N) is 2. The number of carboxylic acids is 1. The molecular weight excluding hydrogens is 240 g/mol. The van der Waals surface area contributed by atoms with Crippen molar-refractivity contribution in [3.05, 3.63) is 0 Å². The molecule has 0 saturated carbocycles. The second-order valence-corrected chi connectivity index (χ2v) is 3.83. The number of amides is 3. The topological polar surface area (TPSA) is 105 Å². The van der Waals surface area contributed by atoms with E-state index in [1.165, 1.54) is 7.11 Å². The lowest BCUT2D eigenvalue weighted by molar-refractivity contribution is -0.137. The third-order valence-corrected chi connectivity index (χ3v) is 2.24. The summed E-state index contributed by atoms with van der Waals surface area (Å²) in [4.78, 5) is 32.9. The number of carbonyl (C=O) groups excluding carboxylic acids is 2. The number of ether oxygens (including phenoxy) is 1. The van der Waals surface area contributed by atoms with Gasteiger partial charge in [-0.2, -0.15) is 0 Å². The number of hydrogen-bond acceptors (Lipinski definition) is 4. The zero-order valence-electron chi connectivity index (χ0n) is 10.7. The molecule has 0 fully saturated rings. The summed E-state index contributed by atoms with van der Waals surface area (Å²) in [6.45, 7) is 2.26. The number of rotatable bonds is 8. The zero-order chi connectivity index (χ0) is 14.0. The number of methoxy groups -OCH3 is 1. The minimum absolute atomic E-state index is 0.0147. The molecule has 0 radical (unpaired) electrons. The van der Waals surface area contributed by atoms with Gasteiger partial charge in [0.2, 0.25) is 5.91 Å². The monoisotopic (exact) mass is 260 g/mol. The van der Waals surface area contributed by atoms with Gasteiger partial charge in [0.1, 0.15) is 0 Å². The quantitative estimate of drug-likeness (QED) is 0.589. The summed E-state index contributed by atoms with van der Waals surface area (Å²) in [5.74, 6) is -1.44. The molecule has 0 aromatic rings. The Morgan fingerprint density at radius 1 is 1.28 bits per heavy atom. The van der Waals surface area contributed by atoms with E-state index in [-0.39, 0.29) is 25.3 Å². The van der Waals surface area contributed by atoms with Crippen molar-refractivity contribution >= 4 is 17.9 Å². The molecule has 0 aliphatic heterocycles. The average Bonchev–Trinajstić information content (AvgIpc) is 2.27. The van der Waals surface area contributed by atoms with Crippen molar-refractivity contribution in [3.63, 3.8) is 0 Å². The molecular formula is C11H20N2O5. The third kappa shape index (κ3) is 8.51. The van der Waals surface area contributed by atoms with Gasteiger partial charge in [-0.1, -0.05) is 6.92 Å². The second kappa shape index (κ2) is 9.41. The highest BCUT2D eigenvalue weighted by molar-refractivity contribution is 5.94. The fourth-order valence-electron chi connectivity index (χ4n) is 1.27. The molecule has 1 unspecified atom stereocenters. The van der Waals surface area contributed by atoms with E-state index in [0.29, 0.717) is 13.0 Å². The highest BCUT2D eigenvalue weighted by atomic mass is 16.5. The van der Waals surface area contributed by atoms with E-state index in [1.807, 2.05) is 6.92 Å². The molecule has 0 rings (SSSR count). The molecule has 3 N–H and O–H groups in total. The van der Waals surface area contributed by atoms with Crippen LogP contribution in [0.4, 0.5) is 4.79 Å². The van der Waals surface area contributed by atoms with Crippen molar-refractivity contribution in [2.24, 2.45) is 0 Å². The predicted molar refractivity (Wildman–Crippen MR) is 64.1 cm³/mol. The van der Waals surface area contributed by atoms with Gasteiger partial charge >= 0.3 is 12.0 Å². The maximum atomic E-state index is 11.4. The highest BCUT2D eigenvalue weighted by Crippen LogP contribution is 1.95. The van der Waals surface area contributed by atoms with Gasteiger partial charge in [0, 0.05) is 20.0 Å². The van der Waals surface area contributed by atoms with Crippen LogP contribution in [0.15, 0.2) is 0 Å². The molecule has 0 aromatic heterocycles. The summed E-state index contributed by atoms with van der Waals surface area (Å²) in [7, 11) is 1.53. The van der Waals surface area contributed by atoms with Crippen molar-refractivity contribution in [1.29, 1.82) is 0 Å². The van der Waals surface area contributed by atoms with Crippen LogP contribution in [0, 0.1) is 0 Å².